The van der Waals surface area contributed by atoms with Gasteiger partial charge in [0.2, 0.25) is 5.91 Å². The number of nitrogens with zero attached hydrogens (tertiary/aromatic N) is 4. The minimum absolute atomic E-state index is 0.0413. The van der Waals surface area contributed by atoms with Gasteiger partial charge in [-0.25, -0.2) is 9.50 Å². The highest BCUT2D eigenvalue weighted by molar-refractivity contribution is 5.82. The van der Waals surface area contributed by atoms with Crippen LogP contribution in [-0.2, 0) is 27.3 Å². The lowest BCUT2D eigenvalue weighted by molar-refractivity contribution is -0.142. The second kappa shape index (κ2) is 7.72. The number of carbonyl (C=O) groups excluding carboxylic acids is 2. The fourth-order valence-electron chi connectivity index (χ4n) is 5.14. The van der Waals surface area contributed by atoms with Gasteiger partial charge in [-0.1, -0.05) is 20.8 Å². The van der Waals surface area contributed by atoms with Crippen LogP contribution in [0.2, 0.25) is 0 Å². The van der Waals surface area contributed by atoms with Crippen molar-refractivity contribution in [3.63, 3.8) is 0 Å². The van der Waals surface area contributed by atoms with Gasteiger partial charge in [0.15, 0.2) is 5.65 Å². The Kier molecular flexibility index (Phi) is 5.11. The fraction of sp³-hybridized carbons (Fsp3) is 0.652. The smallest absolute Gasteiger partial charge is 0.276 e. The molecule has 0 unspecified atom stereocenters. The van der Waals surface area contributed by atoms with Crippen LogP contribution in [0.5, 0.6) is 0 Å². The number of hydrogen-bond acceptors (Lipinski definition) is 5. The van der Waals surface area contributed by atoms with Crippen molar-refractivity contribution in [3.05, 3.63) is 33.4 Å². The molecule has 2 atom stereocenters. The topological polar surface area (TPSA) is 100 Å². The molecule has 172 valence electrons. The van der Waals surface area contributed by atoms with Crippen LogP contribution in [0.4, 0.5) is 0 Å². The lowest BCUT2D eigenvalue weighted by Crippen LogP contribution is -2.44. The molecule has 2 aromatic heterocycles. The van der Waals surface area contributed by atoms with Crippen LogP contribution in [0.25, 0.3) is 5.65 Å². The van der Waals surface area contributed by atoms with Gasteiger partial charge in [-0.05, 0) is 32.1 Å². The maximum Gasteiger partial charge on any atom is 0.276 e. The lowest BCUT2D eigenvalue weighted by atomic mass is 9.93. The van der Waals surface area contributed by atoms with Crippen LogP contribution < -0.4 is 5.56 Å². The van der Waals surface area contributed by atoms with Crippen molar-refractivity contribution in [2.75, 3.05) is 19.7 Å². The van der Waals surface area contributed by atoms with Gasteiger partial charge in [-0.2, -0.15) is 0 Å². The first-order valence-corrected chi connectivity index (χ1v) is 11.6. The number of carbonyl (C=O) groups is 2. The predicted octanol–water partition coefficient (Wildman–Crippen LogP) is 1.80. The number of nitrogens with one attached hydrogen (secondary N) is 1. The van der Waals surface area contributed by atoms with Gasteiger partial charge in [0.05, 0.1) is 24.0 Å². The molecule has 32 heavy (non-hydrogen) atoms. The Morgan fingerprint density at radius 1 is 1.19 bits per heavy atom. The van der Waals surface area contributed by atoms with E-state index >= 15 is 0 Å². The Morgan fingerprint density at radius 3 is 2.72 bits per heavy atom. The minimum Gasteiger partial charge on any atom is -0.368 e. The van der Waals surface area contributed by atoms with E-state index in [1.165, 1.54) is 4.52 Å². The zero-order chi connectivity index (χ0) is 22.6. The third-order valence-electron chi connectivity index (χ3n) is 6.81. The van der Waals surface area contributed by atoms with E-state index in [-0.39, 0.29) is 29.5 Å². The maximum atomic E-state index is 13.2. The summed E-state index contributed by atoms with van der Waals surface area (Å²) in [5, 5.41) is 3.22. The van der Waals surface area contributed by atoms with Crippen LogP contribution in [0, 0.1) is 5.41 Å². The van der Waals surface area contributed by atoms with E-state index < -0.39 is 5.41 Å². The van der Waals surface area contributed by atoms with Crippen molar-refractivity contribution >= 4 is 17.5 Å². The van der Waals surface area contributed by atoms with Crippen molar-refractivity contribution < 1.29 is 14.3 Å². The van der Waals surface area contributed by atoms with Crippen LogP contribution in [0.1, 0.15) is 69.4 Å². The molecule has 2 fully saturated rings. The molecule has 1 N–H and O–H groups in total. The van der Waals surface area contributed by atoms with E-state index in [0.29, 0.717) is 49.6 Å². The summed E-state index contributed by atoms with van der Waals surface area (Å²) in [6.07, 6.45) is 3.59. The molecule has 5 rings (SSSR count). The van der Waals surface area contributed by atoms with Crippen molar-refractivity contribution in [3.8, 4) is 0 Å². The molecule has 3 aliphatic rings. The molecule has 0 radical (unpaired) electrons. The highest BCUT2D eigenvalue weighted by atomic mass is 16.5. The molecule has 9 heteroatoms. The van der Waals surface area contributed by atoms with Crippen molar-refractivity contribution in [2.24, 2.45) is 5.41 Å². The minimum atomic E-state index is -0.473. The molecule has 0 saturated carbocycles. The zero-order valence-electron chi connectivity index (χ0n) is 19.0. The first-order chi connectivity index (χ1) is 15.2. The summed E-state index contributed by atoms with van der Waals surface area (Å²) in [5.41, 5.74) is 2.10. The van der Waals surface area contributed by atoms with Crippen LogP contribution >= 0.6 is 0 Å². The van der Waals surface area contributed by atoms with E-state index in [4.69, 9.17) is 9.72 Å². The number of aromatic amines is 1. The average Bonchev–Trinajstić information content (AvgIpc) is 3.51. The summed E-state index contributed by atoms with van der Waals surface area (Å²) < 4.78 is 7.10. The number of likely N-dealkylation sites (tertiary alicyclic amines) is 1. The molecular weight excluding hydrogens is 410 g/mol. The van der Waals surface area contributed by atoms with Crippen molar-refractivity contribution in [1.29, 1.82) is 0 Å². The molecule has 0 aliphatic carbocycles. The normalized spacial score (nSPS) is 23.7. The van der Waals surface area contributed by atoms with Gasteiger partial charge in [0.25, 0.3) is 11.5 Å². The number of ether oxygens (including phenoxy) is 1. The summed E-state index contributed by atoms with van der Waals surface area (Å²) >= 11 is 0. The van der Waals surface area contributed by atoms with Crippen molar-refractivity contribution in [2.45, 2.75) is 71.6 Å². The Morgan fingerprint density at radius 2 is 2.00 bits per heavy atom. The molecule has 0 aromatic carbocycles. The number of hydrogen-bond donors (Lipinski definition) is 1. The molecule has 0 bridgehead atoms. The standard InChI is InChI=1S/C23H31N5O4/c1-23(2,3)22(31)26-10-8-14-16(13-26)24-19-12-15(25-28(19)20(14)29)17-6-4-9-27(17)21(30)18-7-5-11-32-18/h12,17-18,25H,4-11,13H2,1-3H3/t17-,18-/m0/s1. The van der Waals surface area contributed by atoms with Gasteiger partial charge in [0, 0.05) is 36.7 Å². The van der Waals surface area contributed by atoms with E-state index in [1.807, 2.05) is 31.7 Å². The van der Waals surface area contributed by atoms with E-state index in [2.05, 4.69) is 5.10 Å². The number of rotatable bonds is 2. The van der Waals surface area contributed by atoms with Crippen LogP contribution in [0.15, 0.2) is 10.9 Å². The third kappa shape index (κ3) is 3.52. The van der Waals surface area contributed by atoms with Crippen LogP contribution in [-0.4, -0.2) is 62.0 Å². The second-order valence-electron chi connectivity index (χ2n) is 10.2. The first kappa shape index (κ1) is 21.2. The third-order valence-corrected chi connectivity index (χ3v) is 6.81. The SMILES string of the molecule is CC(C)(C)C(=O)N1CCc2c(nc3cc([C@@H]4CCCN4C(=O)[C@@H]4CCCO4)[nH]n3c2=O)C1. The number of H-pyrrole nitrogens is 1. The summed E-state index contributed by atoms with van der Waals surface area (Å²) in [7, 11) is 0. The van der Waals surface area contributed by atoms with E-state index in [9.17, 15) is 14.4 Å². The van der Waals surface area contributed by atoms with Gasteiger partial charge in [0.1, 0.15) is 6.10 Å². The molecule has 0 spiro atoms. The van der Waals surface area contributed by atoms with E-state index in [1.54, 1.807) is 4.90 Å². The summed E-state index contributed by atoms with van der Waals surface area (Å²) in [5.74, 6) is 0.105. The second-order valence-corrected chi connectivity index (χ2v) is 10.2. The van der Waals surface area contributed by atoms with Gasteiger partial charge >= 0.3 is 0 Å². The molecule has 2 aromatic rings. The molecule has 5 heterocycles. The highest BCUT2D eigenvalue weighted by Gasteiger charge is 2.37. The quantitative estimate of drug-likeness (QED) is 0.766. The Labute approximate surface area is 186 Å². The van der Waals surface area contributed by atoms with Gasteiger partial charge in [-0.3, -0.25) is 19.5 Å². The molecule has 2 saturated heterocycles. The zero-order valence-corrected chi connectivity index (χ0v) is 19.0. The van der Waals surface area contributed by atoms with Crippen LogP contribution in [0.3, 0.4) is 0 Å². The number of aromatic nitrogens is 3. The predicted molar refractivity (Wildman–Crippen MR) is 117 cm³/mol. The summed E-state index contributed by atoms with van der Waals surface area (Å²) in [6, 6.07) is 1.77. The lowest BCUT2D eigenvalue weighted by Gasteiger charge is -2.32. The number of amides is 2. The Bertz CT molecular complexity index is 1120. The molecule has 9 nitrogen and oxygen atoms in total. The number of fused-ring (bicyclic) bond motifs is 2. The summed E-state index contributed by atoms with van der Waals surface area (Å²) in [4.78, 5) is 47.3. The van der Waals surface area contributed by atoms with Gasteiger partial charge in [-0.15, -0.1) is 0 Å². The van der Waals surface area contributed by atoms with Crippen molar-refractivity contribution in [1.82, 2.24) is 24.4 Å². The largest absolute Gasteiger partial charge is 0.368 e. The first-order valence-electron chi connectivity index (χ1n) is 11.6. The maximum absolute atomic E-state index is 13.2. The molecular formula is C23H31N5O4. The van der Waals surface area contributed by atoms with E-state index in [0.717, 1.165) is 31.4 Å². The molecule has 2 amide bonds. The summed E-state index contributed by atoms with van der Waals surface area (Å²) in [6.45, 7) is 7.92. The van der Waals surface area contributed by atoms with Gasteiger partial charge < -0.3 is 14.5 Å². The average molecular weight is 442 g/mol. The highest BCUT2D eigenvalue weighted by Crippen LogP contribution is 2.33. The Hall–Kier alpha value is -2.68. The monoisotopic (exact) mass is 441 g/mol. The Balaban J connectivity index is 1.45. The fourth-order valence-corrected chi connectivity index (χ4v) is 5.14. The molecule has 3 aliphatic heterocycles.